The summed E-state index contributed by atoms with van der Waals surface area (Å²) in [7, 11) is 1.58. The van der Waals surface area contributed by atoms with E-state index in [1.54, 1.807) is 17.4 Å². The molecular formula is C19H26N4O3S2. The maximum absolute atomic E-state index is 13.4. The molecule has 3 rings (SSSR count). The standard InChI is InChI=1S/C19H26N4O3S2/c1-13-8-11-27-17(13)16(18(24)20-14-6-4-3-5-7-14)23(9-10-26-2)19(25)15-12-28-22-21-15/h8,11-12,14,16H,3-7,9-10H2,1-2H3,(H,20,24)/t16-/m0/s1. The highest BCUT2D eigenvalue weighted by Gasteiger charge is 2.35. The van der Waals surface area contributed by atoms with E-state index in [1.165, 1.54) is 17.8 Å². The monoisotopic (exact) mass is 422 g/mol. The number of carbonyl (C=O) groups is 2. The lowest BCUT2D eigenvalue weighted by atomic mass is 9.95. The van der Waals surface area contributed by atoms with Gasteiger partial charge in [-0.05, 0) is 48.3 Å². The Morgan fingerprint density at radius 2 is 2.14 bits per heavy atom. The van der Waals surface area contributed by atoms with Crippen LogP contribution in [0, 0.1) is 6.92 Å². The van der Waals surface area contributed by atoms with E-state index in [0.717, 1.165) is 47.7 Å². The van der Waals surface area contributed by atoms with Gasteiger partial charge in [0.1, 0.15) is 6.04 Å². The van der Waals surface area contributed by atoms with E-state index in [0.29, 0.717) is 13.2 Å². The van der Waals surface area contributed by atoms with Gasteiger partial charge in [0.05, 0.1) is 6.61 Å². The Morgan fingerprint density at radius 3 is 2.75 bits per heavy atom. The first-order chi connectivity index (χ1) is 13.6. The lowest BCUT2D eigenvalue weighted by Crippen LogP contribution is -2.48. The first-order valence-corrected chi connectivity index (χ1v) is 11.2. The third kappa shape index (κ3) is 4.95. The Bertz CT molecular complexity index is 772. The van der Waals surface area contributed by atoms with Crippen LogP contribution in [-0.2, 0) is 9.53 Å². The summed E-state index contributed by atoms with van der Waals surface area (Å²) in [5.41, 5.74) is 1.26. The molecule has 28 heavy (non-hydrogen) atoms. The summed E-state index contributed by atoms with van der Waals surface area (Å²) in [4.78, 5) is 29.0. The highest BCUT2D eigenvalue weighted by molar-refractivity contribution is 7.10. The topological polar surface area (TPSA) is 84.4 Å². The Labute approximate surface area is 173 Å². The summed E-state index contributed by atoms with van der Waals surface area (Å²) in [6, 6.07) is 1.44. The molecule has 1 aliphatic carbocycles. The summed E-state index contributed by atoms with van der Waals surface area (Å²) in [5, 5.41) is 10.7. The second-order valence-electron chi connectivity index (χ2n) is 7.00. The Morgan fingerprint density at radius 1 is 1.36 bits per heavy atom. The van der Waals surface area contributed by atoms with Crippen molar-refractivity contribution in [1.29, 1.82) is 0 Å². The Kier molecular flexibility index (Phi) is 7.52. The number of hydrogen-bond acceptors (Lipinski definition) is 7. The van der Waals surface area contributed by atoms with Crippen LogP contribution in [0.5, 0.6) is 0 Å². The van der Waals surface area contributed by atoms with Crippen LogP contribution < -0.4 is 5.32 Å². The molecule has 1 N–H and O–H groups in total. The van der Waals surface area contributed by atoms with Gasteiger partial charge in [-0.15, -0.1) is 16.4 Å². The highest BCUT2D eigenvalue weighted by Crippen LogP contribution is 2.31. The van der Waals surface area contributed by atoms with Gasteiger partial charge in [-0.3, -0.25) is 9.59 Å². The zero-order valence-electron chi connectivity index (χ0n) is 16.2. The molecular weight excluding hydrogens is 396 g/mol. The maximum atomic E-state index is 13.4. The fourth-order valence-electron chi connectivity index (χ4n) is 3.54. The van der Waals surface area contributed by atoms with Gasteiger partial charge in [-0.1, -0.05) is 23.8 Å². The normalized spacial score (nSPS) is 15.9. The largest absolute Gasteiger partial charge is 0.383 e. The van der Waals surface area contributed by atoms with E-state index in [-0.39, 0.29) is 23.6 Å². The molecule has 0 saturated heterocycles. The summed E-state index contributed by atoms with van der Waals surface area (Å²) in [5.74, 6) is -0.438. The van der Waals surface area contributed by atoms with Crippen LogP contribution in [0.1, 0.15) is 59.1 Å². The second kappa shape index (κ2) is 10.1. The van der Waals surface area contributed by atoms with Crippen LogP contribution in [0.3, 0.4) is 0 Å². The van der Waals surface area contributed by atoms with Crippen molar-refractivity contribution < 1.29 is 14.3 Å². The fraction of sp³-hybridized carbons (Fsp3) is 0.579. The molecule has 2 heterocycles. The molecule has 0 spiro atoms. The molecule has 2 amide bonds. The second-order valence-corrected chi connectivity index (χ2v) is 8.55. The van der Waals surface area contributed by atoms with E-state index < -0.39 is 6.04 Å². The number of amides is 2. The van der Waals surface area contributed by atoms with Gasteiger partial charge in [-0.25, -0.2) is 0 Å². The number of nitrogens with zero attached hydrogens (tertiary/aromatic N) is 3. The molecule has 2 aromatic heterocycles. The van der Waals surface area contributed by atoms with E-state index in [9.17, 15) is 9.59 Å². The van der Waals surface area contributed by atoms with Crippen molar-refractivity contribution in [3.63, 3.8) is 0 Å². The van der Waals surface area contributed by atoms with Crippen molar-refractivity contribution in [1.82, 2.24) is 19.8 Å². The molecule has 1 fully saturated rings. The minimum Gasteiger partial charge on any atom is -0.383 e. The number of carbonyl (C=O) groups excluding carboxylic acids is 2. The summed E-state index contributed by atoms with van der Waals surface area (Å²) < 4.78 is 9.01. The van der Waals surface area contributed by atoms with Crippen LogP contribution in [-0.4, -0.2) is 52.6 Å². The van der Waals surface area contributed by atoms with E-state index >= 15 is 0 Å². The van der Waals surface area contributed by atoms with E-state index in [1.807, 2.05) is 18.4 Å². The molecule has 1 saturated carbocycles. The van der Waals surface area contributed by atoms with Gasteiger partial charge in [0, 0.05) is 30.0 Å². The van der Waals surface area contributed by atoms with Crippen LogP contribution >= 0.6 is 22.9 Å². The maximum Gasteiger partial charge on any atom is 0.276 e. The lowest BCUT2D eigenvalue weighted by molar-refractivity contribution is -0.127. The van der Waals surface area contributed by atoms with E-state index in [2.05, 4.69) is 14.9 Å². The summed E-state index contributed by atoms with van der Waals surface area (Å²) in [6.07, 6.45) is 5.46. The van der Waals surface area contributed by atoms with Crippen LogP contribution in [0.15, 0.2) is 16.8 Å². The lowest BCUT2D eigenvalue weighted by Gasteiger charge is -2.32. The third-order valence-corrected chi connectivity index (χ3v) is 6.61. The number of hydrogen-bond donors (Lipinski definition) is 1. The zero-order valence-corrected chi connectivity index (χ0v) is 17.9. The SMILES string of the molecule is COCCN(C(=O)c1csnn1)[C@H](C(=O)NC1CCCCC1)c1sccc1C. The molecule has 152 valence electrons. The predicted molar refractivity (Wildman–Crippen MR) is 110 cm³/mol. The third-order valence-electron chi connectivity index (χ3n) is 5.04. The molecule has 0 unspecified atom stereocenters. The van der Waals surface area contributed by atoms with Crippen molar-refractivity contribution >= 4 is 34.7 Å². The van der Waals surface area contributed by atoms with Crippen LogP contribution in [0.2, 0.25) is 0 Å². The van der Waals surface area contributed by atoms with Crippen molar-refractivity contribution in [3.05, 3.63) is 33.0 Å². The van der Waals surface area contributed by atoms with Gasteiger partial charge < -0.3 is 15.0 Å². The van der Waals surface area contributed by atoms with Crippen LogP contribution in [0.25, 0.3) is 0 Å². The van der Waals surface area contributed by atoms with Crippen molar-refractivity contribution in [2.45, 2.75) is 51.1 Å². The van der Waals surface area contributed by atoms with Crippen molar-refractivity contribution in [2.24, 2.45) is 0 Å². The minimum absolute atomic E-state index is 0.134. The minimum atomic E-state index is -0.703. The van der Waals surface area contributed by atoms with Gasteiger partial charge in [0.2, 0.25) is 5.91 Å². The van der Waals surface area contributed by atoms with Crippen molar-refractivity contribution in [3.8, 4) is 0 Å². The summed E-state index contributed by atoms with van der Waals surface area (Å²) in [6.45, 7) is 2.60. The Balaban J connectivity index is 1.90. The molecule has 0 bridgehead atoms. The van der Waals surface area contributed by atoms with Gasteiger partial charge in [0.25, 0.3) is 5.91 Å². The number of thiophene rings is 1. The summed E-state index contributed by atoms with van der Waals surface area (Å²) >= 11 is 2.62. The van der Waals surface area contributed by atoms with Gasteiger partial charge in [-0.2, -0.15) is 0 Å². The van der Waals surface area contributed by atoms with E-state index in [4.69, 9.17) is 4.74 Å². The number of methoxy groups -OCH3 is 1. The predicted octanol–water partition coefficient (Wildman–Crippen LogP) is 3.19. The quantitative estimate of drug-likeness (QED) is 0.706. The zero-order chi connectivity index (χ0) is 19.9. The van der Waals surface area contributed by atoms with Crippen molar-refractivity contribution in [2.75, 3.05) is 20.3 Å². The molecule has 0 aromatic carbocycles. The number of rotatable bonds is 8. The average molecular weight is 423 g/mol. The molecule has 1 atom stereocenters. The van der Waals surface area contributed by atoms with Gasteiger partial charge in [0.15, 0.2) is 5.69 Å². The molecule has 0 aliphatic heterocycles. The molecule has 9 heteroatoms. The Hall–Kier alpha value is -1.84. The number of nitrogens with one attached hydrogen (secondary N) is 1. The first kappa shape index (κ1) is 20.9. The average Bonchev–Trinajstić information content (AvgIpc) is 3.37. The number of aryl methyl sites for hydroxylation is 1. The molecule has 0 radical (unpaired) electrons. The van der Waals surface area contributed by atoms with Gasteiger partial charge >= 0.3 is 0 Å². The fourth-order valence-corrected chi connectivity index (χ4v) is 5.00. The van der Waals surface area contributed by atoms with Crippen LogP contribution in [0.4, 0.5) is 0 Å². The number of ether oxygens (including phenoxy) is 1. The first-order valence-electron chi connectivity index (χ1n) is 9.53. The molecule has 1 aliphatic rings. The number of aromatic nitrogens is 2. The molecule has 2 aromatic rings. The molecule has 7 nitrogen and oxygen atoms in total. The highest BCUT2D eigenvalue weighted by atomic mass is 32.1. The smallest absolute Gasteiger partial charge is 0.276 e.